The Balaban J connectivity index is 2.51. The molecule has 0 bridgehead atoms. The maximum Gasteiger partial charge on any atom is 0.414 e. The van der Waals surface area contributed by atoms with Crippen LogP contribution in [-0.2, 0) is 11.2 Å². The number of rotatable bonds is 6. The van der Waals surface area contributed by atoms with Gasteiger partial charge < -0.3 is 10.5 Å². The van der Waals surface area contributed by atoms with Gasteiger partial charge in [-0.05, 0) is 24.5 Å². The Hall–Kier alpha value is -1.07. The fourth-order valence-corrected chi connectivity index (χ4v) is 1.66. The van der Waals surface area contributed by atoms with Gasteiger partial charge in [0, 0.05) is 0 Å². The number of ether oxygens (including phenoxy) is 1. The Labute approximate surface area is 111 Å². The molecule has 0 radical (unpaired) electrons. The molecule has 0 saturated heterocycles. The van der Waals surface area contributed by atoms with Crippen molar-refractivity contribution >= 4 is 0 Å². The first-order valence-electron chi connectivity index (χ1n) is 6.37. The largest absolute Gasteiger partial charge is 0.414 e. The lowest BCUT2D eigenvalue weighted by atomic mass is 10.0. The fraction of sp³-hybridized carbons (Fsp3) is 0.571. The second kappa shape index (κ2) is 6.91. The molecule has 108 valence electrons. The predicted octanol–water partition coefficient (Wildman–Crippen LogP) is 3.61. The summed E-state index contributed by atoms with van der Waals surface area (Å²) in [6.45, 7) is 2.93. The van der Waals surface area contributed by atoms with Gasteiger partial charge in [-0.15, -0.1) is 0 Å². The van der Waals surface area contributed by atoms with Gasteiger partial charge in [-0.25, -0.2) is 0 Å². The molecule has 2 nitrogen and oxygen atoms in total. The zero-order valence-corrected chi connectivity index (χ0v) is 11.2. The first kappa shape index (κ1) is 16.0. The average molecular weight is 275 g/mol. The van der Waals surface area contributed by atoms with Crippen LogP contribution in [0.15, 0.2) is 24.3 Å². The van der Waals surface area contributed by atoms with E-state index in [1.54, 1.807) is 0 Å². The summed E-state index contributed by atoms with van der Waals surface area (Å²) in [6, 6.07) is 7.05. The van der Waals surface area contributed by atoms with Crippen LogP contribution in [0.4, 0.5) is 13.2 Å². The molecule has 2 atom stereocenters. The second-order valence-electron chi connectivity index (χ2n) is 4.62. The van der Waals surface area contributed by atoms with Crippen LogP contribution in [0.25, 0.3) is 0 Å². The molecule has 0 aromatic heterocycles. The quantitative estimate of drug-likeness (QED) is 0.860. The van der Waals surface area contributed by atoms with E-state index >= 15 is 0 Å². The summed E-state index contributed by atoms with van der Waals surface area (Å²) in [7, 11) is 0. The summed E-state index contributed by atoms with van der Waals surface area (Å²) < 4.78 is 41.6. The van der Waals surface area contributed by atoms with Crippen molar-refractivity contribution in [1.82, 2.24) is 0 Å². The minimum absolute atomic E-state index is 0.145. The highest BCUT2D eigenvalue weighted by Gasteiger charge is 2.37. The zero-order valence-electron chi connectivity index (χ0n) is 11.2. The number of hydrogen-bond donors (Lipinski definition) is 1. The van der Waals surface area contributed by atoms with Crippen LogP contribution in [0, 0.1) is 0 Å². The van der Waals surface area contributed by atoms with Gasteiger partial charge in [0.25, 0.3) is 0 Å². The molecule has 0 fully saturated rings. The third-order valence-corrected chi connectivity index (χ3v) is 2.93. The second-order valence-corrected chi connectivity index (χ2v) is 4.62. The molecular formula is C14H20F3NO. The van der Waals surface area contributed by atoms with Crippen molar-refractivity contribution in [3.63, 3.8) is 0 Å². The summed E-state index contributed by atoms with van der Waals surface area (Å²) in [5.74, 6) is 0. The molecule has 0 spiro atoms. The van der Waals surface area contributed by atoms with Gasteiger partial charge in [-0.1, -0.05) is 37.6 Å². The van der Waals surface area contributed by atoms with Crippen molar-refractivity contribution in [3.05, 3.63) is 35.4 Å². The molecule has 0 aliphatic rings. The summed E-state index contributed by atoms with van der Waals surface area (Å²) in [4.78, 5) is 0. The highest BCUT2D eigenvalue weighted by atomic mass is 19.4. The Bertz CT molecular complexity index is 375. The lowest BCUT2D eigenvalue weighted by molar-refractivity contribution is -0.215. The molecule has 2 unspecified atom stereocenters. The van der Waals surface area contributed by atoms with Gasteiger partial charge in [0.1, 0.15) is 0 Å². The van der Waals surface area contributed by atoms with Crippen molar-refractivity contribution in [3.8, 4) is 0 Å². The van der Waals surface area contributed by atoms with E-state index in [1.807, 2.05) is 24.3 Å². The standard InChI is InChI=1S/C14H20F3NO/c1-3-4-11-5-7-12(8-6-11)13(18)9-19-10(2)14(15,16)17/h5-8,10,13H,3-4,9,18H2,1-2H3. The van der Waals surface area contributed by atoms with E-state index in [1.165, 1.54) is 5.56 Å². The molecule has 0 saturated carbocycles. The van der Waals surface area contributed by atoms with Gasteiger partial charge in [0.05, 0.1) is 12.6 Å². The molecule has 0 heterocycles. The summed E-state index contributed by atoms with van der Waals surface area (Å²) >= 11 is 0. The van der Waals surface area contributed by atoms with E-state index in [0.29, 0.717) is 0 Å². The monoisotopic (exact) mass is 275 g/mol. The maximum absolute atomic E-state index is 12.3. The smallest absolute Gasteiger partial charge is 0.367 e. The van der Waals surface area contributed by atoms with Gasteiger partial charge in [-0.2, -0.15) is 13.2 Å². The number of halogens is 3. The minimum Gasteiger partial charge on any atom is -0.367 e. The predicted molar refractivity (Wildman–Crippen MR) is 68.8 cm³/mol. The summed E-state index contributed by atoms with van der Waals surface area (Å²) in [5, 5.41) is 0. The number of benzene rings is 1. The molecule has 0 amide bonds. The van der Waals surface area contributed by atoms with Crippen molar-refractivity contribution in [2.24, 2.45) is 5.73 Å². The van der Waals surface area contributed by atoms with Crippen molar-refractivity contribution in [2.45, 2.75) is 45.0 Å². The van der Waals surface area contributed by atoms with E-state index < -0.39 is 18.3 Å². The first-order chi connectivity index (χ1) is 8.84. The third-order valence-electron chi connectivity index (χ3n) is 2.93. The Morgan fingerprint density at radius 3 is 2.26 bits per heavy atom. The summed E-state index contributed by atoms with van der Waals surface area (Å²) in [5.41, 5.74) is 7.80. The van der Waals surface area contributed by atoms with Crippen LogP contribution in [0.3, 0.4) is 0 Å². The molecular weight excluding hydrogens is 255 g/mol. The molecule has 2 N–H and O–H groups in total. The van der Waals surface area contributed by atoms with E-state index in [-0.39, 0.29) is 6.61 Å². The van der Waals surface area contributed by atoms with Crippen LogP contribution in [0.5, 0.6) is 0 Å². The molecule has 1 aromatic rings. The first-order valence-corrected chi connectivity index (χ1v) is 6.37. The number of hydrogen-bond acceptors (Lipinski definition) is 2. The Morgan fingerprint density at radius 2 is 1.79 bits per heavy atom. The highest BCUT2D eigenvalue weighted by Crippen LogP contribution is 2.23. The normalized spacial score (nSPS) is 15.3. The number of aryl methyl sites for hydroxylation is 1. The van der Waals surface area contributed by atoms with Gasteiger partial charge in [0.15, 0.2) is 6.10 Å². The SMILES string of the molecule is CCCc1ccc(C(N)COC(C)C(F)(F)F)cc1. The molecule has 5 heteroatoms. The van der Waals surface area contributed by atoms with Crippen LogP contribution >= 0.6 is 0 Å². The molecule has 0 aliphatic heterocycles. The molecule has 1 aromatic carbocycles. The highest BCUT2D eigenvalue weighted by molar-refractivity contribution is 5.25. The van der Waals surface area contributed by atoms with Crippen LogP contribution in [-0.4, -0.2) is 18.9 Å². The van der Waals surface area contributed by atoms with Crippen molar-refractivity contribution in [1.29, 1.82) is 0 Å². The lowest BCUT2D eigenvalue weighted by Gasteiger charge is -2.19. The average Bonchev–Trinajstić information content (AvgIpc) is 2.35. The van der Waals surface area contributed by atoms with E-state index in [4.69, 9.17) is 10.5 Å². The van der Waals surface area contributed by atoms with Gasteiger partial charge in [-0.3, -0.25) is 0 Å². The fourth-order valence-electron chi connectivity index (χ4n) is 1.66. The van der Waals surface area contributed by atoms with Crippen LogP contribution < -0.4 is 5.73 Å². The summed E-state index contributed by atoms with van der Waals surface area (Å²) in [6.07, 6.45) is -4.10. The van der Waals surface area contributed by atoms with Gasteiger partial charge >= 0.3 is 6.18 Å². The minimum atomic E-state index is -4.34. The van der Waals surface area contributed by atoms with Crippen molar-refractivity contribution < 1.29 is 17.9 Å². The van der Waals surface area contributed by atoms with Crippen LogP contribution in [0.2, 0.25) is 0 Å². The topological polar surface area (TPSA) is 35.2 Å². The zero-order chi connectivity index (χ0) is 14.5. The molecule has 1 rings (SSSR count). The van der Waals surface area contributed by atoms with E-state index in [2.05, 4.69) is 6.92 Å². The van der Waals surface area contributed by atoms with Crippen LogP contribution in [0.1, 0.15) is 37.4 Å². The number of nitrogens with two attached hydrogens (primary N) is 1. The lowest BCUT2D eigenvalue weighted by Crippen LogP contribution is -2.31. The van der Waals surface area contributed by atoms with Gasteiger partial charge in [0.2, 0.25) is 0 Å². The van der Waals surface area contributed by atoms with E-state index in [0.717, 1.165) is 25.3 Å². The maximum atomic E-state index is 12.3. The van der Waals surface area contributed by atoms with Crippen molar-refractivity contribution in [2.75, 3.05) is 6.61 Å². The Morgan fingerprint density at radius 1 is 1.21 bits per heavy atom. The number of alkyl halides is 3. The third kappa shape index (κ3) is 5.20. The Kier molecular flexibility index (Phi) is 5.82. The van der Waals surface area contributed by atoms with E-state index in [9.17, 15) is 13.2 Å². The molecule has 0 aliphatic carbocycles. The molecule has 19 heavy (non-hydrogen) atoms.